The number of rotatable bonds is 3. The van der Waals surface area contributed by atoms with Crippen molar-refractivity contribution in [1.29, 1.82) is 0 Å². The maximum atomic E-state index is 14.6. The zero-order valence-corrected chi connectivity index (χ0v) is 16.2. The fourth-order valence-corrected chi connectivity index (χ4v) is 6.16. The van der Waals surface area contributed by atoms with Gasteiger partial charge in [-0.1, -0.05) is 18.2 Å². The molecule has 0 spiro atoms. The second-order valence-electron chi connectivity index (χ2n) is 8.73. The van der Waals surface area contributed by atoms with E-state index < -0.39 is 5.67 Å². The number of amides is 1. The van der Waals surface area contributed by atoms with E-state index in [9.17, 15) is 9.18 Å². The molecule has 3 nitrogen and oxygen atoms in total. The summed E-state index contributed by atoms with van der Waals surface area (Å²) in [6.07, 6.45) is 3.52. The molecule has 3 saturated heterocycles. The maximum absolute atomic E-state index is 14.6. The van der Waals surface area contributed by atoms with Crippen molar-refractivity contribution in [1.82, 2.24) is 10.2 Å². The van der Waals surface area contributed by atoms with Gasteiger partial charge < -0.3 is 5.32 Å². The van der Waals surface area contributed by atoms with Crippen molar-refractivity contribution >= 4 is 27.3 Å². The van der Waals surface area contributed by atoms with E-state index in [0.717, 1.165) is 41.6 Å². The van der Waals surface area contributed by atoms with Crippen molar-refractivity contribution in [3.63, 3.8) is 0 Å². The van der Waals surface area contributed by atoms with Crippen LogP contribution in [-0.2, 0) is 5.67 Å². The number of nitrogens with zero attached hydrogens (tertiary/aromatic N) is 1. The largest absolute Gasteiger partial charge is 0.346 e. The molecular formula is C21H25FN2OS. The van der Waals surface area contributed by atoms with Gasteiger partial charge in [-0.2, -0.15) is 0 Å². The lowest BCUT2D eigenvalue weighted by Gasteiger charge is -2.56. The first-order valence-corrected chi connectivity index (χ1v) is 10.5. The molecule has 2 aromatic rings. The fourth-order valence-electron chi connectivity index (χ4n) is 5.00. The molecule has 0 unspecified atom stereocenters. The number of fused-ring (bicyclic) bond motifs is 4. The van der Waals surface area contributed by atoms with Crippen LogP contribution < -0.4 is 5.32 Å². The molecule has 0 radical (unpaired) electrons. The van der Waals surface area contributed by atoms with E-state index >= 15 is 0 Å². The first kappa shape index (κ1) is 16.7. The SMILES string of the molecule is CC1(C)[C@@H](NC(=O)c2cc3cccc(C4(F)CC4)c3s2)C2CCN1CC2. The summed E-state index contributed by atoms with van der Waals surface area (Å²) < 4.78 is 15.6. The van der Waals surface area contributed by atoms with Gasteiger partial charge >= 0.3 is 0 Å². The number of piperidine rings is 3. The molecule has 138 valence electrons. The lowest BCUT2D eigenvalue weighted by Crippen LogP contribution is -2.69. The summed E-state index contributed by atoms with van der Waals surface area (Å²) in [5.74, 6) is 0.553. The number of hydrogen-bond acceptors (Lipinski definition) is 3. The van der Waals surface area contributed by atoms with Crippen molar-refractivity contribution in [2.75, 3.05) is 13.1 Å². The van der Waals surface area contributed by atoms with Crippen LogP contribution in [0.25, 0.3) is 10.1 Å². The molecular weight excluding hydrogens is 347 g/mol. The van der Waals surface area contributed by atoms with Gasteiger partial charge in [-0.3, -0.25) is 9.69 Å². The number of alkyl halides is 1. The van der Waals surface area contributed by atoms with Gasteiger partial charge in [0.2, 0.25) is 0 Å². The van der Waals surface area contributed by atoms with Crippen LogP contribution in [-0.4, -0.2) is 35.5 Å². The molecule has 1 saturated carbocycles. The van der Waals surface area contributed by atoms with Gasteiger partial charge in [0.25, 0.3) is 5.91 Å². The van der Waals surface area contributed by atoms with Crippen LogP contribution in [0.5, 0.6) is 0 Å². The van der Waals surface area contributed by atoms with Crippen molar-refractivity contribution < 1.29 is 9.18 Å². The Morgan fingerprint density at radius 1 is 1.27 bits per heavy atom. The van der Waals surface area contributed by atoms with Gasteiger partial charge in [0.1, 0.15) is 5.67 Å². The molecule has 1 atom stereocenters. The highest BCUT2D eigenvalue weighted by Gasteiger charge is 2.48. The van der Waals surface area contributed by atoms with E-state index in [-0.39, 0.29) is 17.5 Å². The standard InChI is InChI=1S/C21H25FN2OS/c1-20(2)18(13-6-10-24(20)11-7-13)23-19(25)16-12-14-4-3-5-15(17(14)26-16)21(22)8-9-21/h3-5,12-13,18H,6-11H2,1-2H3,(H,23,25)/t18-/m0/s1. The van der Waals surface area contributed by atoms with Crippen LogP contribution in [0.2, 0.25) is 0 Å². The second-order valence-corrected chi connectivity index (χ2v) is 9.78. The summed E-state index contributed by atoms with van der Waals surface area (Å²) in [5, 5.41) is 4.31. The smallest absolute Gasteiger partial charge is 0.261 e. The first-order chi connectivity index (χ1) is 12.4. The van der Waals surface area contributed by atoms with Crippen LogP contribution >= 0.6 is 11.3 Å². The molecule has 1 aromatic heterocycles. The van der Waals surface area contributed by atoms with Crippen molar-refractivity contribution in [3.05, 3.63) is 34.7 Å². The summed E-state index contributed by atoms with van der Waals surface area (Å²) in [6.45, 7) is 6.75. The number of thiophene rings is 1. The van der Waals surface area contributed by atoms with Crippen LogP contribution in [0, 0.1) is 5.92 Å². The van der Waals surface area contributed by atoms with E-state index in [4.69, 9.17) is 0 Å². The van der Waals surface area contributed by atoms with Gasteiger partial charge in [-0.15, -0.1) is 11.3 Å². The maximum Gasteiger partial charge on any atom is 0.261 e. The average molecular weight is 373 g/mol. The van der Waals surface area contributed by atoms with E-state index in [1.807, 2.05) is 24.3 Å². The summed E-state index contributed by atoms with van der Waals surface area (Å²) in [7, 11) is 0. The molecule has 2 bridgehead atoms. The van der Waals surface area contributed by atoms with Crippen molar-refractivity contribution in [3.8, 4) is 0 Å². The molecule has 26 heavy (non-hydrogen) atoms. The Morgan fingerprint density at radius 2 is 2.00 bits per heavy atom. The molecule has 1 N–H and O–H groups in total. The van der Waals surface area contributed by atoms with E-state index in [0.29, 0.717) is 23.6 Å². The number of carbonyl (C=O) groups excluding carboxylic acids is 1. The van der Waals surface area contributed by atoms with Gasteiger partial charge in [0.05, 0.1) is 4.88 Å². The average Bonchev–Trinajstić information content (AvgIpc) is 3.21. The normalized spacial score (nSPS) is 31.1. The number of carbonyl (C=O) groups is 1. The molecule has 1 aromatic carbocycles. The van der Waals surface area contributed by atoms with Gasteiger partial charge in [0, 0.05) is 21.8 Å². The molecule has 1 amide bonds. The zero-order chi connectivity index (χ0) is 18.1. The van der Waals surface area contributed by atoms with Crippen molar-refractivity contribution in [2.24, 2.45) is 5.92 Å². The minimum absolute atomic E-state index is 0.00429. The van der Waals surface area contributed by atoms with Gasteiger partial charge in [-0.05, 0) is 70.0 Å². The number of nitrogens with one attached hydrogen (secondary N) is 1. The Kier molecular flexibility index (Phi) is 3.55. The van der Waals surface area contributed by atoms with Gasteiger partial charge in [0.15, 0.2) is 0 Å². The first-order valence-electron chi connectivity index (χ1n) is 9.66. The minimum atomic E-state index is -1.17. The summed E-state index contributed by atoms with van der Waals surface area (Å²) in [6, 6.07) is 7.87. The molecule has 4 aliphatic rings. The Labute approximate surface area is 157 Å². The third kappa shape index (κ3) is 2.43. The molecule has 5 heteroatoms. The summed E-state index contributed by atoms with van der Waals surface area (Å²) in [5.41, 5.74) is -0.409. The third-order valence-electron chi connectivity index (χ3n) is 6.81. The number of halogens is 1. The Hall–Kier alpha value is -1.46. The Morgan fingerprint density at radius 3 is 2.65 bits per heavy atom. The fraction of sp³-hybridized carbons (Fsp3) is 0.571. The van der Waals surface area contributed by atoms with E-state index in [2.05, 4.69) is 24.1 Å². The molecule has 4 fully saturated rings. The Bertz CT molecular complexity index is 877. The highest BCUT2D eigenvalue weighted by Crippen LogP contribution is 2.52. The minimum Gasteiger partial charge on any atom is -0.346 e. The van der Waals surface area contributed by atoms with Gasteiger partial charge in [-0.25, -0.2) is 4.39 Å². The predicted octanol–water partition coefficient (Wildman–Crippen LogP) is 4.46. The lowest BCUT2D eigenvalue weighted by molar-refractivity contribution is -0.0377. The molecule has 1 aliphatic carbocycles. The summed E-state index contributed by atoms with van der Waals surface area (Å²) >= 11 is 1.44. The molecule has 4 heterocycles. The third-order valence-corrected chi connectivity index (χ3v) is 8.00. The number of hydrogen-bond donors (Lipinski definition) is 1. The zero-order valence-electron chi connectivity index (χ0n) is 15.3. The van der Waals surface area contributed by atoms with Crippen LogP contribution in [0.3, 0.4) is 0 Å². The second kappa shape index (κ2) is 5.52. The van der Waals surface area contributed by atoms with Crippen LogP contribution in [0.1, 0.15) is 54.8 Å². The van der Waals surface area contributed by atoms with Crippen molar-refractivity contribution in [2.45, 2.75) is 56.8 Å². The highest BCUT2D eigenvalue weighted by molar-refractivity contribution is 7.21. The molecule has 3 aliphatic heterocycles. The quantitative estimate of drug-likeness (QED) is 0.863. The van der Waals surface area contributed by atoms with E-state index in [1.54, 1.807) is 0 Å². The predicted molar refractivity (Wildman–Crippen MR) is 103 cm³/mol. The Balaban J connectivity index is 1.44. The van der Waals surface area contributed by atoms with E-state index in [1.165, 1.54) is 11.3 Å². The summed E-state index contributed by atoms with van der Waals surface area (Å²) in [4.78, 5) is 16.2. The molecule has 6 rings (SSSR count). The topological polar surface area (TPSA) is 32.3 Å². The van der Waals surface area contributed by atoms with Crippen LogP contribution in [0.15, 0.2) is 24.3 Å². The van der Waals surface area contributed by atoms with Crippen LogP contribution in [0.4, 0.5) is 4.39 Å². The monoisotopic (exact) mass is 372 g/mol. The highest BCUT2D eigenvalue weighted by atomic mass is 32.1. The number of benzene rings is 1. The lowest BCUT2D eigenvalue weighted by atomic mass is 9.72.